The molecule has 3 rings (SSSR count). The molecule has 5 nitrogen and oxygen atoms in total. The molecule has 0 aliphatic carbocycles. The Morgan fingerprint density at radius 1 is 1.19 bits per heavy atom. The molecule has 3 aromatic rings. The van der Waals surface area contributed by atoms with Gasteiger partial charge in [0.15, 0.2) is 5.13 Å². The van der Waals surface area contributed by atoms with Gasteiger partial charge in [-0.2, -0.15) is 0 Å². The molecule has 0 bridgehead atoms. The van der Waals surface area contributed by atoms with Crippen molar-refractivity contribution in [3.8, 4) is 17.0 Å². The van der Waals surface area contributed by atoms with Crippen molar-refractivity contribution in [2.45, 2.75) is 19.4 Å². The average Bonchev–Trinajstić information content (AvgIpc) is 3.17. The molecular formula is C21H23N3O2S. The maximum atomic E-state index is 12.6. The van der Waals surface area contributed by atoms with Crippen molar-refractivity contribution in [3.05, 3.63) is 65.5 Å². The SMILES string of the molecule is COc1ccc(CC(C)N(C)C(=O)Nc2nc(-c3ccccc3)cs2)cc1. The van der Waals surface area contributed by atoms with Crippen LogP contribution in [0, 0.1) is 0 Å². The van der Waals surface area contributed by atoms with Gasteiger partial charge in [0.1, 0.15) is 5.75 Å². The van der Waals surface area contributed by atoms with Gasteiger partial charge in [0.2, 0.25) is 0 Å². The van der Waals surface area contributed by atoms with Crippen molar-refractivity contribution in [2.24, 2.45) is 0 Å². The van der Waals surface area contributed by atoms with Crippen molar-refractivity contribution in [1.82, 2.24) is 9.88 Å². The minimum absolute atomic E-state index is 0.0481. The molecule has 2 aromatic carbocycles. The molecule has 2 amide bonds. The van der Waals surface area contributed by atoms with Crippen molar-refractivity contribution in [2.75, 3.05) is 19.5 Å². The molecule has 1 heterocycles. The number of amides is 2. The third-order valence-corrected chi connectivity index (χ3v) is 5.22. The number of thiazole rings is 1. The monoisotopic (exact) mass is 381 g/mol. The van der Waals surface area contributed by atoms with E-state index in [9.17, 15) is 4.79 Å². The van der Waals surface area contributed by atoms with Gasteiger partial charge in [0.05, 0.1) is 12.8 Å². The Morgan fingerprint density at radius 2 is 1.89 bits per heavy atom. The van der Waals surface area contributed by atoms with Gasteiger partial charge in [-0.15, -0.1) is 11.3 Å². The molecule has 0 aliphatic rings. The molecule has 1 N–H and O–H groups in total. The molecule has 140 valence electrons. The standard InChI is InChI=1S/C21H23N3O2S/c1-15(13-16-9-11-18(26-3)12-10-16)24(2)21(25)23-20-22-19(14-27-20)17-7-5-4-6-8-17/h4-12,14-15H,13H2,1-3H3,(H,22,23,25). The minimum atomic E-state index is -0.162. The lowest BCUT2D eigenvalue weighted by atomic mass is 10.1. The second-order valence-electron chi connectivity index (χ2n) is 6.35. The first-order chi connectivity index (χ1) is 13.1. The molecule has 1 unspecified atom stereocenters. The smallest absolute Gasteiger partial charge is 0.323 e. The number of nitrogens with one attached hydrogen (secondary N) is 1. The summed E-state index contributed by atoms with van der Waals surface area (Å²) in [5, 5.41) is 5.44. The highest BCUT2D eigenvalue weighted by Gasteiger charge is 2.17. The molecule has 0 radical (unpaired) electrons. The van der Waals surface area contributed by atoms with E-state index < -0.39 is 0 Å². The Balaban J connectivity index is 1.59. The number of anilines is 1. The van der Waals surface area contributed by atoms with Crippen LogP contribution in [0.1, 0.15) is 12.5 Å². The van der Waals surface area contributed by atoms with Gasteiger partial charge in [-0.3, -0.25) is 5.32 Å². The van der Waals surface area contributed by atoms with Crippen LogP contribution in [-0.2, 0) is 6.42 Å². The number of carbonyl (C=O) groups excluding carboxylic acids is 1. The summed E-state index contributed by atoms with van der Waals surface area (Å²) in [6.07, 6.45) is 0.765. The fourth-order valence-corrected chi connectivity index (χ4v) is 3.40. The highest BCUT2D eigenvalue weighted by atomic mass is 32.1. The minimum Gasteiger partial charge on any atom is -0.497 e. The van der Waals surface area contributed by atoms with E-state index in [4.69, 9.17) is 4.74 Å². The number of rotatable bonds is 6. The fraction of sp³-hybridized carbons (Fsp3) is 0.238. The van der Waals surface area contributed by atoms with Gasteiger partial charge in [-0.1, -0.05) is 42.5 Å². The van der Waals surface area contributed by atoms with Crippen LogP contribution in [0.15, 0.2) is 60.0 Å². The molecule has 0 fully saturated rings. The van der Waals surface area contributed by atoms with Crippen molar-refractivity contribution < 1.29 is 9.53 Å². The number of methoxy groups -OCH3 is 1. The van der Waals surface area contributed by atoms with Gasteiger partial charge in [0, 0.05) is 24.0 Å². The van der Waals surface area contributed by atoms with E-state index in [1.54, 1.807) is 19.1 Å². The maximum Gasteiger partial charge on any atom is 0.323 e. The summed E-state index contributed by atoms with van der Waals surface area (Å²) in [6.45, 7) is 2.03. The van der Waals surface area contributed by atoms with Crippen LogP contribution in [-0.4, -0.2) is 36.1 Å². The number of ether oxygens (including phenoxy) is 1. The number of urea groups is 1. The number of nitrogens with zero attached hydrogens (tertiary/aromatic N) is 2. The van der Waals surface area contributed by atoms with E-state index in [0.29, 0.717) is 5.13 Å². The van der Waals surface area contributed by atoms with Gasteiger partial charge >= 0.3 is 6.03 Å². The lowest BCUT2D eigenvalue weighted by Gasteiger charge is -2.24. The van der Waals surface area contributed by atoms with Gasteiger partial charge < -0.3 is 9.64 Å². The molecule has 0 saturated heterocycles. The lowest BCUT2D eigenvalue weighted by Crippen LogP contribution is -2.39. The molecule has 0 aliphatic heterocycles. The van der Waals surface area contributed by atoms with Crippen LogP contribution >= 0.6 is 11.3 Å². The van der Waals surface area contributed by atoms with E-state index in [2.05, 4.69) is 10.3 Å². The number of hydrogen-bond acceptors (Lipinski definition) is 4. The largest absolute Gasteiger partial charge is 0.497 e. The summed E-state index contributed by atoms with van der Waals surface area (Å²) in [7, 11) is 3.45. The van der Waals surface area contributed by atoms with Gasteiger partial charge in [-0.25, -0.2) is 9.78 Å². The Hall–Kier alpha value is -2.86. The van der Waals surface area contributed by atoms with E-state index in [0.717, 1.165) is 29.0 Å². The van der Waals surface area contributed by atoms with Crippen LogP contribution in [0.25, 0.3) is 11.3 Å². The van der Waals surface area contributed by atoms with Crippen molar-refractivity contribution >= 4 is 22.5 Å². The van der Waals surface area contributed by atoms with E-state index in [1.165, 1.54) is 11.3 Å². The zero-order valence-corrected chi connectivity index (χ0v) is 16.5. The molecule has 0 saturated carbocycles. The Kier molecular flexibility index (Phi) is 6.08. The first-order valence-corrected chi connectivity index (χ1v) is 9.62. The van der Waals surface area contributed by atoms with Crippen LogP contribution in [0.5, 0.6) is 5.75 Å². The summed E-state index contributed by atoms with van der Waals surface area (Å²) in [6, 6.07) is 17.7. The topological polar surface area (TPSA) is 54.5 Å². The fourth-order valence-electron chi connectivity index (χ4n) is 2.69. The predicted molar refractivity (Wildman–Crippen MR) is 110 cm³/mol. The molecule has 27 heavy (non-hydrogen) atoms. The normalized spacial score (nSPS) is 11.7. The molecule has 0 spiro atoms. The van der Waals surface area contributed by atoms with Crippen LogP contribution < -0.4 is 10.1 Å². The second kappa shape index (κ2) is 8.68. The van der Waals surface area contributed by atoms with Crippen LogP contribution in [0.4, 0.5) is 9.93 Å². The number of carbonyl (C=O) groups is 1. The van der Waals surface area contributed by atoms with E-state index in [1.807, 2.05) is 66.9 Å². The maximum absolute atomic E-state index is 12.6. The zero-order valence-electron chi connectivity index (χ0n) is 15.7. The first kappa shape index (κ1) is 18.9. The number of aromatic nitrogens is 1. The second-order valence-corrected chi connectivity index (χ2v) is 7.20. The average molecular weight is 382 g/mol. The summed E-state index contributed by atoms with van der Waals surface area (Å²) >= 11 is 1.43. The molecular weight excluding hydrogens is 358 g/mol. The molecule has 6 heteroatoms. The molecule has 1 atom stereocenters. The summed E-state index contributed by atoms with van der Waals surface area (Å²) < 4.78 is 5.18. The summed E-state index contributed by atoms with van der Waals surface area (Å²) in [5.74, 6) is 0.829. The quantitative estimate of drug-likeness (QED) is 0.660. The van der Waals surface area contributed by atoms with E-state index >= 15 is 0 Å². The van der Waals surface area contributed by atoms with E-state index in [-0.39, 0.29) is 12.1 Å². The Labute approximate surface area is 163 Å². The van der Waals surface area contributed by atoms with Crippen molar-refractivity contribution in [3.63, 3.8) is 0 Å². The van der Waals surface area contributed by atoms with Gasteiger partial charge in [-0.05, 0) is 31.0 Å². The summed E-state index contributed by atoms with van der Waals surface area (Å²) in [5.41, 5.74) is 3.06. The van der Waals surface area contributed by atoms with Crippen molar-refractivity contribution in [1.29, 1.82) is 0 Å². The third kappa shape index (κ3) is 4.86. The molecule has 1 aromatic heterocycles. The first-order valence-electron chi connectivity index (χ1n) is 8.74. The lowest BCUT2D eigenvalue weighted by molar-refractivity contribution is 0.207. The van der Waals surface area contributed by atoms with Crippen LogP contribution in [0.2, 0.25) is 0 Å². The number of benzene rings is 2. The Bertz CT molecular complexity index is 878. The van der Waals surface area contributed by atoms with Crippen LogP contribution in [0.3, 0.4) is 0 Å². The summed E-state index contributed by atoms with van der Waals surface area (Å²) in [4.78, 5) is 18.8. The van der Waals surface area contributed by atoms with Gasteiger partial charge in [0.25, 0.3) is 0 Å². The highest BCUT2D eigenvalue weighted by Crippen LogP contribution is 2.25. The predicted octanol–water partition coefficient (Wildman–Crippen LogP) is 4.91. The highest BCUT2D eigenvalue weighted by molar-refractivity contribution is 7.14. The third-order valence-electron chi connectivity index (χ3n) is 4.46. The number of likely N-dealkylation sites (N-methyl/N-ethyl adjacent to an activating group) is 1. The number of hydrogen-bond donors (Lipinski definition) is 1. The zero-order chi connectivity index (χ0) is 19.2. The Morgan fingerprint density at radius 3 is 2.56 bits per heavy atom.